The third kappa shape index (κ3) is 3.26. The average Bonchev–Trinajstić information content (AvgIpc) is 3.07. The molecule has 18 heavy (non-hydrogen) atoms. The highest BCUT2D eigenvalue weighted by Crippen LogP contribution is 2.48. The molecular weight excluding hydrogens is 222 g/mol. The van der Waals surface area contributed by atoms with Gasteiger partial charge in [0.15, 0.2) is 0 Å². The minimum atomic E-state index is 0.204. The van der Waals surface area contributed by atoms with Gasteiger partial charge in [0, 0.05) is 5.41 Å². The van der Waals surface area contributed by atoms with E-state index in [1.807, 2.05) is 0 Å². The first-order chi connectivity index (χ1) is 8.45. The summed E-state index contributed by atoms with van der Waals surface area (Å²) >= 11 is 0. The van der Waals surface area contributed by atoms with Crippen molar-refractivity contribution < 1.29 is 4.74 Å². The topological polar surface area (TPSA) is 35.2 Å². The average molecular weight is 247 g/mol. The summed E-state index contributed by atoms with van der Waals surface area (Å²) in [7, 11) is 0. The van der Waals surface area contributed by atoms with Crippen molar-refractivity contribution in [3.05, 3.63) is 29.8 Å². The van der Waals surface area contributed by atoms with Gasteiger partial charge in [0.25, 0.3) is 0 Å². The molecular formula is C16H25NO. The van der Waals surface area contributed by atoms with Crippen LogP contribution in [0.1, 0.15) is 45.6 Å². The lowest BCUT2D eigenvalue weighted by molar-refractivity contribution is 0.227. The van der Waals surface area contributed by atoms with E-state index >= 15 is 0 Å². The lowest BCUT2D eigenvalue weighted by Crippen LogP contribution is -2.17. The fourth-order valence-corrected chi connectivity index (χ4v) is 2.24. The second-order valence-electron chi connectivity index (χ2n) is 6.60. The van der Waals surface area contributed by atoms with Crippen molar-refractivity contribution in [3.8, 4) is 5.75 Å². The predicted octanol–water partition coefficient (Wildman–Crippen LogP) is 3.49. The molecule has 2 rings (SSSR count). The van der Waals surface area contributed by atoms with Gasteiger partial charge < -0.3 is 10.5 Å². The SMILES string of the molecule is CC(C)(C)c1ccc(OCC2(CCN)CC2)cc1. The maximum Gasteiger partial charge on any atom is 0.119 e. The molecule has 0 radical (unpaired) electrons. The highest BCUT2D eigenvalue weighted by molar-refractivity contribution is 5.31. The van der Waals surface area contributed by atoms with Gasteiger partial charge in [0.05, 0.1) is 6.61 Å². The third-order valence-corrected chi connectivity index (χ3v) is 3.90. The molecule has 0 atom stereocenters. The standard InChI is InChI=1S/C16H25NO/c1-15(2,3)13-4-6-14(7-5-13)18-12-16(8-9-16)10-11-17/h4-7H,8-12,17H2,1-3H3. The predicted molar refractivity (Wildman–Crippen MR) is 76.0 cm³/mol. The smallest absolute Gasteiger partial charge is 0.119 e. The van der Waals surface area contributed by atoms with E-state index < -0.39 is 0 Å². The number of ether oxygens (including phenoxy) is 1. The third-order valence-electron chi connectivity index (χ3n) is 3.90. The van der Waals surface area contributed by atoms with Gasteiger partial charge in [-0.15, -0.1) is 0 Å². The maximum absolute atomic E-state index is 5.90. The normalized spacial score (nSPS) is 17.6. The van der Waals surface area contributed by atoms with Crippen molar-refractivity contribution in [2.75, 3.05) is 13.2 Å². The molecule has 2 N–H and O–H groups in total. The molecule has 0 heterocycles. The molecule has 100 valence electrons. The van der Waals surface area contributed by atoms with Crippen LogP contribution in [0.4, 0.5) is 0 Å². The van der Waals surface area contributed by atoms with E-state index in [0.717, 1.165) is 25.3 Å². The van der Waals surface area contributed by atoms with E-state index in [-0.39, 0.29) is 5.41 Å². The Morgan fingerprint density at radius 1 is 1.17 bits per heavy atom. The Labute approximate surface area is 111 Å². The van der Waals surface area contributed by atoms with Crippen LogP contribution in [-0.2, 0) is 5.41 Å². The Morgan fingerprint density at radius 3 is 2.22 bits per heavy atom. The van der Waals surface area contributed by atoms with Crippen molar-refractivity contribution in [2.24, 2.45) is 11.1 Å². The van der Waals surface area contributed by atoms with Gasteiger partial charge in [-0.2, -0.15) is 0 Å². The first-order valence-electron chi connectivity index (χ1n) is 6.89. The summed E-state index contributed by atoms with van der Waals surface area (Å²) in [4.78, 5) is 0. The number of hydrogen-bond donors (Lipinski definition) is 1. The summed E-state index contributed by atoms with van der Waals surface area (Å²) in [5, 5.41) is 0. The van der Waals surface area contributed by atoms with Crippen molar-refractivity contribution in [1.29, 1.82) is 0 Å². The second kappa shape index (κ2) is 4.93. The van der Waals surface area contributed by atoms with E-state index in [4.69, 9.17) is 10.5 Å². The molecule has 0 unspecified atom stereocenters. The number of rotatable bonds is 5. The molecule has 2 nitrogen and oxygen atoms in total. The molecule has 1 aliphatic carbocycles. The molecule has 1 aromatic carbocycles. The molecule has 0 spiro atoms. The van der Waals surface area contributed by atoms with E-state index in [9.17, 15) is 0 Å². The molecule has 1 aromatic rings. The summed E-state index contributed by atoms with van der Waals surface area (Å²) in [6.45, 7) is 8.27. The second-order valence-corrected chi connectivity index (χ2v) is 6.60. The van der Waals surface area contributed by atoms with Crippen LogP contribution < -0.4 is 10.5 Å². The number of hydrogen-bond acceptors (Lipinski definition) is 2. The Hall–Kier alpha value is -1.02. The Bertz CT molecular complexity index is 385. The van der Waals surface area contributed by atoms with Gasteiger partial charge in [-0.3, -0.25) is 0 Å². The van der Waals surface area contributed by atoms with Crippen LogP contribution in [0.2, 0.25) is 0 Å². The van der Waals surface area contributed by atoms with Crippen LogP contribution in [0.3, 0.4) is 0 Å². The Kier molecular flexibility index (Phi) is 3.67. The number of benzene rings is 1. The molecule has 0 bridgehead atoms. The molecule has 1 saturated carbocycles. The van der Waals surface area contributed by atoms with Gasteiger partial charge in [-0.25, -0.2) is 0 Å². The summed E-state index contributed by atoms with van der Waals surface area (Å²) in [5.74, 6) is 0.978. The lowest BCUT2D eigenvalue weighted by atomic mass is 9.87. The zero-order valence-electron chi connectivity index (χ0n) is 11.8. The minimum Gasteiger partial charge on any atom is -0.493 e. The van der Waals surface area contributed by atoms with Crippen LogP contribution in [0.15, 0.2) is 24.3 Å². The van der Waals surface area contributed by atoms with Gasteiger partial charge in [0.2, 0.25) is 0 Å². The molecule has 0 amide bonds. The van der Waals surface area contributed by atoms with Crippen LogP contribution in [-0.4, -0.2) is 13.2 Å². The van der Waals surface area contributed by atoms with Crippen molar-refractivity contribution >= 4 is 0 Å². The highest BCUT2D eigenvalue weighted by atomic mass is 16.5. The van der Waals surface area contributed by atoms with E-state index in [0.29, 0.717) is 5.41 Å². The lowest BCUT2D eigenvalue weighted by Gasteiger charge is -2.20. The first-order valence-corrected chi connectivity index (χ1v) is 6.89. The Morgan fingerprint density at radius 2 is 1.78 bits per heavy atom. The minimum absolute atomic E-state index is 0.204. The molecule has 0 aliphatic heterocycles. The molecule has 1 fully saturated rings. The summed E-state index contributed by atoms with van der Waals surface area (Å²) in [6.07, 6.45) is 3.63. The first kappa shape index (κ1) is 13.4. The zero-order valence-corrected chi connectivity index (χ0v) is 11.8. The van der Waals surface area contributed by atoms with Crippen molar-refractivity contribution in [3.63, 3.8) is 0 Å². The van der Waals surface area contributed by atoms with Gasteiger partial charge in [-0.05, 0) is 48.9 Å². The summed E-state index contributed by atoms with van der Waals surface area (Å²) in [6, 6.07) is 8.49. The van der Waals surface area contributed by atoms with Crippen LogP contribution in [0.25, 0.3) is 0 Å². The van der Waals surface area contributed by atoms with Crippen LogP contribution in [0.5, 0.6) is 5.75 Å². The van der Waals surface area contributed by atoms with E-state index in [1.54, 1.807) is 0 Å². The van der Waals surface area contributed by atoms with Crippen molar-refractivity contribution in [2.45, 2.75) is 45.4 Å². The molecule has 0 aromatic heterocycles. The van der Waals surface area contributed by atoms with E-state index in [1.165, 1.54) is 18.4 Å². The Balaban J connectivity index is 1.91. The maximum atomic E-state index is 5.90. The molecule has 2 heteroatoms. The monoisotopic (exact) mass is 247 g/mol. The largest absolute Gasteiger partial charge is 0.493 e. The molecule has 0 saturated heterocycles. The van der Waals surface area contributed by atoms with Crippen LogP contribution >= 0.6 is 0 Å². The summed E-state index contributed by atoms with van der Waals surface area (Å²) in [5.41, 5.74) is 7.57. The molecule has 1 aliphatic rings. The summed E-state index contributed by atoms with van der Waals surface area (Å²) < 4.78 is 5.90. The van der Waals surface area contributed by atoms with Gasteiger partial charge in [-0.1, -0.05) is 32.9 Å². The fraction of sp³-hybridized carbons (Fsp3) is 0.625. The van der Waals surface area contributed by atoms with Gasteiger partial charge >= 0.3 is 0 Å². The van der Waals surface area contributed by atoms with Crippen molar-refractivity contribution in [1.82, 2.24) is 0 Å². The highest BCUT2D eigenvalue weighted by Gasteiger charge is 2.42. The van der Waals surface area contributed by atoms with E-state index in [2.05, 4.69) is 45.0 Å². The fourth-order valence-electron chi connectivity index (χ4n) is 2.24. The van der Waals surface area contributed by atoms with Gasteiger partial charge in [0.1, 0.15) is 5.75 Å². The van der Waals surface area contributed by atoms with Crippen LogP contribution in [0, 0.1) is 5.41 Å². The number of nitrogens with two attached hydrogens (primary N) is 1. The zero-order chi connectivity index (χ0) is 13.2. The quantitative estimate of drug-likeness (QED) is 0.864.